The van der Waals surface area contributed by atoms with E-state index in [0.29, 0.717) is 0 Å². The van der Waals surface area contributed by atoms with E-state index in [9.17, 15) is 5.11 Å². The summed E-state index contributed by atoms with van der Waals surface area (Å²) in [6, 6.07) is 6.01. The Morgan fingerprint density at radius 1 is 1.32 bits per heavy atom. The first kappa shape index (κ1) is 12.7. The minimum Gasteiger partial charge on any atom is -0.487 e. The van der Waals surface area contributed by atoms with E-state index in [1.165, 1.54) is 5.56 Å². The van der Waals surface area contributed by atoms with E-state index in [4.69, 9.17) is 4.74 Å². The minimum atomic E-state index is -0.541. The highest BCUT2D eigenvalue weighted by molar-refractivity contribution is 7.08. The Bertz CT molecular complexity index is 613. The zero-order chi connectivity index (χ0) is 13.6. The summed E-state index contributed by atoms with van der Waals surface area (Å²) in [4.78, 5) is 0. The number of aliphatic hydroxyl groups is 1. The molecule has 0 aliphatic carbocycles. The summed E-state index contributed by atoms with van der Waals surface area (Å²) < 4.78 is 5.86. The molecule has 3 rings (SSSR count). The van der Waals surface area contributed by atoms with Crippen molar-refractivity contribution >= 4 is 11.3 Å². The van der Waals surface area contributed by atoms with Gasteiger partial charge in [0.25, 0.3) is 0 Å². The molecular formula is C16H18O2S. The van der Waals surface area contributed by atoms with Crippen molar-refractivity contribution in [1.82, 2.24) is 0 Å². The van der Waals surface area contributed by atoms with Gasteiger partial charge in [-0.25, -0.2) is 0 Å². The third-order valence-electron chi connectivity index (χ3n) is 3.59. The summed E-state index contributed by atoms with van der Waals surface area (Å²) in [6.45, 7) is 6.22. The van der Waals surface area contributed by atoms with E-state index in [-0.39, 0.29) is 5.60 Å². The Kier molecular flexibility index (Phi) is 2.91. The Morgan fingerprint density at radius 2 is 2.11 bits per heavy atom. The maximum Gasteiger partial charge on any atom is 0.123 e. The zero-order valence-electron chi connectivity index (χ0n) is 11.4. The third-order valence-corrected chi connectivity index (χ3v) is 4.47. The molecule has 0 fully saturated rings. The Labute approximate surface area is 117 Å². The Hall–Kier alpha value is -1.32. The van der Waals surface area contributed by atoms with Crippen LogP contribution in [0.2, 0.25) is 0 Å². The summed E-state index contributed by atoms with van der Waals surface area (Å²) in [5.74, 6) is 0.947. The number of hydrogen-bond acceptors (Lipinski definition) is 3. The minimum absolute atomic E-state index is 0.135. The van der Waals surface area contributed by atoms with Crippen LogP contribution < -0.4 is 4.74 Å². The second-order valence-electron chi connectivity index (χ2n) is 5.82. The quantitative estimate of drug-likeness (QED) is 0.901. The maximum absolute atomic E-state index is 10.5. The van der Waals surface area contributed by atoms with Gasteiger partial charge < -0.3 is 9.84 Å². The number of aliphatic hydroxyl groups excluding tert-OH is 1. The van der Waals surface area contributed by atoms with Crippen LogP contribution in [0.5, 0.6) is 5.75 Å². The SMILES string of the molecule is Cc1cscc1C(O)c1ccc2c(c1)CC(C)(C)O2. The van der Waals surface area contributed by atoms with Crippen LogP contribution in [0.25, 0.3) is 0 Å². The number of thiophene rings is 1. The fraction of sp³-hybridized carbons (Fsp3) is 0.375. The predicted octanol–water partition coefficient (Wildman–Crippen LogP) is 3.85. The van der Waals surface area contributed by atoms with Gasteiger partial charge in [-0.15, -0.1) is 0 Å². The van der Waals surface area contributed by atoms with Crippen LogP contribution in [-0.2, 0) is 6.42 Å². The molecule has 0 bridgehead atoms. The summed E-state index contributed by atoms with van der Waals surface area (Å²) >= 11 is 1.63. The van der Waals surface area contributed by atoms with Crippen LogP contribution >= 0.6 is 11.3 Å². The molecule has 0 amide bonds. The number of ether oxygens (including phenoxy) is 1. The van der Waals surface area contributed by atoms with Crippen molar-refractivity contribution in [2.24, 2.45) is 0 Å². The molecule has 0 saturated heterocycles. The number of hydrogen-bond donors (Lipinski definition) is 1. The van der Waals surface area contributed by atoms with Crippen molar-refractivity contribution in [1.29, 1.82) is 0 Å². The van der Waals surface area contributed by atoms with Crippen molar-refractivity contribution in [2.75, 3.05) is 0 Å². The smallest absolute Gasteiger partial charge is 0.123 e. The molecular weight excluding hydrogens is 256 g/mol. The molecule has 1 unspecified atom stereocenters. The third kappa shape index (κ3) is 2.28. The second-order valence-corrected chi connectivity index (χ2v) is 6.56. The van der Waals surface area contributed by atoms with Gasteiger partial charge in [0.2, 0.25) is 0 Å². The average molecular weight is 274 g/mol. The molecule has 0 radical (unpaired) electrons. The second kappa shape index (κ2) is 4.36. The van der Waals surface area contributed by atoms with E-state index >= 15 is 0 Å². The predicted molar refractivity (Wildman–Crippen MR) is 78.0 cm³/mol. The van der Waals surface area contributed by atoms with Crippen LogP contribution in [0, 0.1) is 6.92 Å². The molecule has 2 heterocycles. The Balaban J connectivity index is 1.94. The van der Waals surface area contributed by atoms with Crippen LogP contribution in [0.1, 0.15) is 42.2 Å². The molecule has 19 heavy (non-hydrogen) atoms. The van der Waals surface area contributed by atoms with Crippen molar-refractivity contribution in [3.8, 4) is 5.75 Å². The summed E-state index contributed by atoms with van der Waals surface area (Å²) in [5, 5.41) is 14.6. The van der Waals surface area contributed by atoms with Gasteiger partial charge in [0, 0.05) is 6.42 Å². The highest BCUT2D eigenvalue weighted by Crippen LogP contribution is 2.37. The summed E-state index contributed by atoms with van der Waals surface area (Å²) in [7, 11) is 0. The molecule has 1 aromatic carbocycles. The van der Waals surface area contributed by atoms with Gasteiger partial charge in [0.05, 0.1) is 0 Å². The van der Waals surface area contributed by atoms with E-state index < -0.39 is 6.10 Å². The standard InChI is InChI=1S/C16H18O2S/c1-10-8-19-9-13(10)15(17)11-4-5-14-12(6-11)7-16(2,3)18-14/h4-6,8-9,15,17H,7H2,1-3H3. The van der Waals surface area contributed by atoms with E-state index in [1.54, 1.807) is 11.3 Å². The molecule has 1 aliphatic rings. The summed E-state index contributed by atoms with van der Waals surface area (Å²) in [6.07, 6.45) is 0.353. The molecule has 1 aliphatic heterocycles. The highest BCUT2D eigenvalue weighted by Gasteiger charge is 2.30. The first-order chi connectivity index (χ1) is 8.96. The summed E-state index contributed by atoms with van der Waals surface area (Å²) in [5.41, 5.74) is 4.15. The van der Waals surface area contributed by atoms with Crippen molar-refractivity contribution in [3.63, 3.8) is 0 Å². The number of fused-ring (bicyclic) bond motifs is 1. The number of aryl methyl sites for hydroxylation is 1. The monoisotopic (exact) mass is 274 g/mol. The maximum atomic E-state index is 10.5. The van der Waals surface area contributed by atoms with Crippen molar-refractivity contribution < 1.29 is 9.84 Å². The van der Waals surface area contributed by atoms with Crippen LogP contribution in [0.15, 0.2) is 29.0 Å². The molecule has 3 heteroatoms. The fourth-order valence-corrected chi connectivity index (χ4v) is 3.50. The van der Waals surface area contributed by atoms with Gasteiger partial charge >= 0.3 is 0 Å². The van der Waals surface area contributed by atoms with E-state index in [2.05, 4.69) is 25.3 Å². The average Bonchev–Trinajstić information content (AvgIpc) is 2.88. The highest BCUT2D eigenvalue weighted by atomic mass is 32.1. The van der Waals surface area contributed by atoms with E-state index in [0.717, 1.165) is 28.9 Å². The molecule has 0 spiro atoms. The van der Waals surface area contributed by atoms with Crippen molar-refractivity contribution in [2.45, 2.75) is 38.9 Å². The lowest BCUT2D eigenvalue weighted by Crippen LogP contribution is -2.24. The molecule has 100 valence electrons. The van der Waals surface area contributed by atoms with Crippen LogP contribution in [0.3, 0.4) is 0 Å². The first-order valence-electron chi connectivity index (χ1n) is 6.49. The largest absolute Gasteiger partial charge is 0.487 e. The van der Waals surface area contributed by atoms with Gasteiger partial charge in [-0.1, -0.05) is 6.07 Å². The van der Waals surface area contributed by atoms with Crippen LogP contribution in [0.4, 0.5) is 0 Å². The molecule has 2 nitrogen and oxygen atoms in total. The Morgan fingerprint density at radius 3 is 2.79 bits per heavy atom. The van der Waals surface area contributed by atoms with E-state index in [1.807, 2.05) is 24.4 Å². The van der Waals surface area contributed by atoms with Gasteiger partial charge in [-0.05, 0) is 65.9 Å². The van der Waals surface area contributed by atoms with Crippen molar-refractivity contribution in [3.05, 3.63) is 51.2 Å². The molecule has 1 atom stereocenters. The fourth-order valence-electron chi connectivity index (χ4n) is 2.63. The normalized spacial score (nSPS) is 17.9. The molecule has 1 N–H and O–H groups in total. The molecule has 0 saturated carbocycles. The lowest BCUT2D eigenvalue weighted by atomic mass is 9.96. The zero-order valence-corrected chi connectivity index (χ0v) is 12.3. The lowest BCUT2D eigenvalue weighted by Gasteiger charge is -2.16. The van der Waals surface area contributed by atoms with Gasteiger partial charge in [-0.3, -0.25) is 0 Å². The first-order valence-corrected chi connectivity index (χ1v) is 7.43. The molecule has 1 aromatic heterocycles. The number of benzene rings is 1. The topological polar surface area (TPSA) is 29.5 Å². The van der Waals surface area contributed by atoms with Gasteiger partial charge in [0.15, 0.2) is 0 Å². The van der Waals surface area contributed by atoms with Gasteiger partial charge in [0.1, 0.15) is 17.5 Å². The molecule has 2 aromatic rings. The van der Waals surface area contributed by atoms with Gasteiger partial charge in [-0.2, -0.15) is 11.3 Å². The van der Waals surface area contributed by atoms with Crippen LogP contribution in [-0.4, -0.2) is 10.7 Å². The lowest BCUT2D eigenvalue weighted by molar-refractivity contribution is 0.138. The number of rotatable bonds is 2.